The van der Waals surface area contributed by atoms with Crippen LogP contribution < -0.4 is 10.4 Å². The van der Waals surface area contributed by atoms with E-state index in [1.807, 2.05) is 6.92 Å². The van der Waals surface area contributed by atoms with Crippen LogP contribution in [-0.2, 0) is 14.6 Å². The van der Waals surface area contributed by atoms with Gasteiger partial charge in [0.05, 0.1) is 10.6 Å². The quantitative estimate of drug-likeness (QED) is 0.498. The third-order valence-corrected chi connectivity index (χ3v) is 4.90. The van der Waals surface area contributed by atoms with Crippen LogP contribution in [0.5, 0.6) is 0 Å². The summed E-state index contributed by atoms with van der Waals surface area (Å²) in [5.41, 5.74) is 1.99. The molecular weight excluding hydrogens is 280 g/mol. The van der Waals surface area contributed by atoms with Crippen molar-refractivity contribution < 1.29 is 18.4 Å². The molecule has 1 aliphatic rings. The maximum Gasteiger partial charge on any atom is 0.270 e. The van der Waals surface area contributed by atoms with Crippen LogP contribution in [0, 0.1) is 0 Å². The number of carbonyl (C=O) groups is 1. The molecule has 0 unspecified atom stereocenters. The van der Waals surface area contributed by atoms with E-state index in [9.17, 15) is 13.2 Å². The van der Waals surface area contributed by atoms with E-state index in [2.05, 4.69) is 0 Å². The number of rotatable bonds is 4. The average molecular weight is 296 g/mol. The molecule has 1 aliphatic heterocycles. The van der Waals surface area contributed by atoms with Crippen molar-refractivity contribution in [1.29, 1.82) is 0 Å². The zero-order valence-corrected chi connectivity index (χ0v) is 11.9. The Balaban J connectivity index is 2.55. The third-order valence-electron chi connectivity index (χ3n) is 3.09. The van der Waals surface area contributed by atoms with Gasteiger partial charge in [0, 0.05) is 12.6 Å². The molecule has 1 amide bonds. The second-order valence-corrected chi connectivity index (χ2v) is 6.30. The van der Waals surface area contributed by atoms with Crippen LogP contribution in [-0.4, -0.2) is 26.1 Å². The average Bonchev–Trinajstić information content (AvgIpc) is 2.66. The summed E-state index contributed by atoms with van der Waals surface area (Å²) in [6.07, 6.45) is 2.60. The zero-order valence-electron chi connectivity index (χ0n) is 11.0. The third kappa shape index (κ3) is 2.41. The van der Waals surface area contributed by atoms with Crippen LogP contribution in [0.2, 0.25) is 0 Å². The van der Waals surface area contributed by atoms with E-state index in [0.717, 1.165) is 18.9 Å². The van der Waals surface area contributed by atoms with E-state index < -0.39 is 15.7 Å². The molecule has 6 nitrogen and oxygen atoms in total. The van der Waals surface area contributed by atoms with Crippen LogP contribution in [0.3, 0.4) is 0 Å². The number of nitrogens with zero attached hydrogens (tertiary/aromatic N) is 1. The molecule has 1 aromatic rings. The van der Waals surface area contributed by atoms with Crippen molar-refractivity contribution >= 4 is 21.4 Å². The highest BCUT2D eigenvalue weighted by atomic mass is 32.2. The Morgan fingerprint density at radius 1 is 1.40 bits per heavy atom. The molecule has 2 N–H and O–H groups in total. The van der Waals surface area contributed by atoms with Crippen LogP contribution in [0.4, 0.5) is 5.69 Å². The summed E-state index contributed by atoms with van der Waals surface area (Å²) in [5.74, 6) is -0.863. The molecule has 1 aromatic carbocycles. The molecular formula is C13H16N2O4S. The largest absolute Gasteiger partial charge is 0.331 e. The van der Waals surface area contributed by atoms with Gasteiger partial charge >= 0.3 is 0 Å². The first-order chi connectivity index (χ1) is 9.52. The Morgan fingerprint density at radius 2 is 2.10 bits per heavy atom. The lowest BCUT2D eigenvalue weighted by Crippen LogP contribution is -2.25. The molecule has 0 spiro atoms. The van der Waals surface area contributed by atoms with Gasteiger partial charge in [0.2, 0.25) is 9.84 Å². The Kier molecular flexibility index (Phi) is 4.10. The second kappa shape index (κ2) is 5.64. The fourth-order valence-corrected chi connectivity index (χ4v) is 3.81. The number of benzene rings is 1. The highest BCUT2D eigenvalue weighted by Crippen LogP contribution is 2.40. The van der Waals surface area contributed by atoms with Crippen LogP contribution in [0.15, 0.2) is 40.3 Å². The molecule has 1 heterocycles. The first-order valence-electron chi connectivity index (χ1n) is 6.29. The van der Waals surface area contributed by atoms with Crippen LogP contribution in [0.25, 0.3) is 0 Å². The number of fused-ring (bicyclic) bond motifs is 1. The van der Waals surface area contributed by atoms with Crippen LogP contribution >= 0.6 is 0 Å². The van der Waals surface area contributed by atoms with Crippen LogP contribution in [0.1, 0.15) is 19.8 Å². The highest BCUT2D eigenvalue weighted by molar-refractivity contribution is 7.96. The van der Waals surface area contributed by atoms with Gasteiger partial charge in [-0.15, -0.1) is 0 Å². The number of sulfone groups is 1. The molecule has 0 aliphatic carbocycles. The lowest BCUT2D eigenvalue weighted by molar-refractivity contribution is -0.124. The first kappa shape index (κ1) is 14.5. The van der Waals surface area contributed by atoms with Gasteiger partial charge in [-0.25, -0.2) is 13.9 Å². The van der Waals surface area contributed by atoms with Crippen molar-refractivity contribution in [2.45, 2.75) is 24.7 Å². The van der Waals surface area contributed by atoms with E-state index in [-0.39, 0.29) is 9.92 Å². The molecule has 0 saturated carbocycles. The number of hydrogen-bond donors (Lipinski definition) is 2. The molecule has 0 aromatic heterocycles. The summed E-state index contributed by atoms with van der Waals surface area (Å²) in [7, 11) is -3.72. The smallest absolute Gasteiger partial charge is 0.270 e. The van der Waals surface area contributed by atoms with Crippen molar-refractivity contribution in [2.24, 2.45) is 0 Å². The Labute approximate surface area is 117 Å². The molecule has 0 fully saturated rings. The normalized spacial score (nSPS) is 18.1. The van der Waals surface area contributed by atoms with Gasteiger partial charge in [0.1, 0.15) is 5.03 Å². The van der Waals surface area contributed by atoms with Crippen molar-refractivity contribution in [3.8, 4) is 0 Å². The molecule has 0 saturated heterocycles. The fraction of sp³-hybridized carbons (Fsp3) is 0.308. The van der Waals surface area contributed by atoms with Crippen molar-refractivity contribution in [3.63, 3.8) is 0 Å². The van der Waals surface area contributed by atoms with Gasteiger partial charge in [-0.05, 0) is 18.6 Å². The lowest BCUT2D eigenvalue weighted by atomic mass is 10.2. The van der Waals surface area contributed by atoms with Gasteiger partial charge in [-0.1, -0.05) is 25.5 Å². The minimum atomic E-state index is -3.72. The minimum Gasteiger partial charge on any atom is -0.331 e. The second-order valence-electron chi connectivity index (χ2n) is 4.43. The molecule has 0 bridgehead atoms. The number of nitrogens with one attached hydrogen (secondary N) is 1. The predicted octanol–water partition coefficient (Wildman–Crippen LogP) is 1.43. The number of para-hydroxylation sites is 1. The monoisotopic (exact) mass is 296 g/mol. The standard InChI is InChI=1S/C13H16N2O4S/c1-2-3-8-15-10-6-4-5-7-11(10)20(18,19)13(15)9-12(16)14-17/h4-7,9,17H,2-3,8H2,1H3,(H,14,16)/b13-9-. The lowest BCUT2D eigenvalue weighted by Gasteiger charge is -2.19. The molecule has 2 rings (SSSR count). The van der Waals surface area contributed by atoms with E-state index in [1.54, 1.807) is 23.1 Å². The van der Waals surface area contributed by atoms with Crippen molar-refractivity contribution in [2.75, 3.05) is 11.4 Å². The van der Waals surface area contributed by atoms with Gasteiger partial charge in [-0.2, -0.15) is 0 Å². The topological polar surface area (TPSA) is 86.7 Å². The summed E-state index contributed by atoms with van der Waals surface area (Å²) < 4.78 is 24.9. The summed E-state index contributed by atoms with van der Waals surface area (Å²) in [6, 6.07) is 6.62. The maximum atomic E-state index is 12.4. The summed E-state index contributed by atoms with van der Waals surface area (Å²) >= 11 is 0. The number of unbranched alkanes of at least 4 members (excludes halogenated alkanes) is 1. The summed E-state index contributed by atoms with van der Waals surface area (Å²) in [5, 5.41) is 8.49. The minimum absolute atomic E-state index is 0.0984. The number of hydroxylamine groups is 1. The zero-order chi connectivity index (χ0) is 14.8. The first-order valence-corrected chi connectivity index (χ1v) is 7.78. The van der Waals surface area contributed by atoms with E-state index in [4.69, 9.17) is 5.21 Å². The predicted molar refractivity (Wildman–Crippen MR) is 73.9 cm³/mol. The van der Waals surface area contributed by atoms with Gasteiger partial charge in [0.25, 0.3) is 5.91 Å². The van der Waals surface area contributed by atoms with E-state index in [0.29, 0.717) is 12.2 Å². The van der Waals surface area contributed by atoms with Gasteiger partial charge in [0.15, 0.2) is 0 Å². The maximum absolute atomic E-state index is 12.4. The van der Waals surface area contributed by atoms with Crippen molar-refractivity contribution in [3.05, 3.63) is 35.4 Å². The molecule has 20 heavy (non-hydrogen) atoms. The number of amides is 1. The Hall–Kier alpha value is -1.86. The summed E-state index contributed by atoms with van der Waals surface area (Å²) in [6.45, 7) is 2.50. The van der Waals surface area contributed by atoms with Gasteiger partial charge in [-0.3, -0.25) is 10.0 Å². The Morgan fingerprint density at radius 3 is 2.75 bits per heavy atom. The number of carbonyl (C=O) groups excluding carboxylic acids is 1. The molecule has 0 radical (unpaired) electrons. The molecule has 7 heteroatoms. The summed E-state index contributed by atoms with van der Waals surface area (Å²) in [4.78, 5) is 13.1. The molecule has 0 atom stereocenters. The van der Waals surface area contributed by atoms with E-state index >= 15 is 0 Å². The molecule has 108 valence electrons. The SMILES string of the molecule is CCCCN1/C(=C/C(=O)NO)S(=O)(=O)c2ccccc21. The fourth-order valence-electron chi connectivity index (χ4n) is 2.13. The Bertz CT molecular complexity index is 652. The number of hydrogen-bond acceptors (Lipinski definition) is 5. The highest BCUT2D eigenvalue weighted by Gasteiger charge is 2.37. The van der Waals surface area contributed by atoms with Crippen molar-refractivity contribution in [1.82, 2.24) is 5.48 Å². The number of anilines is 1. The van der Waals surface area contributed by atoms with E-state index in [1.165, 1.54) is 11.5 Å². The van der Waals surface area contributed by atoms with Gasteiger partial charge < -0.3 is 4.90 Å².